The molecule has 3 atom stereocenters. The van der Waals surface area contributed by atoms with Gasteiger partial charge in [0, 0.05) is 5.02 Å². The van der Waals surface area contributed by atoms with Crippen molar-refractivity contribution in [2.75, 3.05) is 0 Å². The predicted molar refractivity (Wildman–Crippen MR) is 96.3 cm³/mol. The number of nitrogens with one attached hydrogen (secondary N) is 1. The summed E-state index contributed by atoms with van der Waals surface area (Å²) in [5.41, 5.74) is 2.05. The van der Waals surface area contributed by atoms with Crippen LogP contribution in [0.25, 0.3) is 0 Å². The van der Waals surface area contributed by atoms with Crippen LogP contribution in [0.5, 0.6) is 0 Å². The number of carbonyl (C=O) groups excluding carboxylic acids is 1. The zero-order valence-electron chi connectivity index (χ0n) is 13.7. The van der Waals surface area contributed by atoms with E-state index in [1.54, 1.807) is 0 Å². The van der Waals surface area contributed by atoms with E-state index in [2.05, 4.69) is 5.32 Å². The predicted octanol–water partition coefficient (Wildman–Crippen LogP) is 3.85. The molecule has 0 bridgehead atoms. The second-order valence-corrected chi connectivity index (χ2v) is 6.87. The van der Waals surface area contributed by atoms with E-state index in [1.165, 1.54) is 0 Å². The Morgan fingerprint density at radius 3 is 2.24 bits per heavy atom. The van der Waals surface area contributed by atoms with Crippen LogP contribution in [0.2, 0.25) is 5.02 Å². The Hall–Kier alpha value is -2.33. The number of aliphatic carboxylic acids is 1. The third-order valence-electron chi connectivity index (χ3n) is 4.80. The van der Waals surface area contributed by atoms with E-state index < -0.39 is 17.8 Å². The van der Waals surface area contributed by atoms with Crippen molar-refractivity contribution < 1.29 is 14.7 Å². The first kappa shape index (κ1) is 17.5. The van der Waals surface area contributed by atoms with Crippen molar-refractivity contribution in [1.82, 2.24) is 5.32 Å². The molecular weight excluding hydrogens is 338 g/mol. The van der Waals surface area contributed by atoms with Gasteiger partial charge in [-0.2, -0.15) is 0 Å². The van der Waals surface area contributed by atoms with Gasteiger partial charge >= 0.3 is 5.97 Å². The van der Waals surface area contributed by atoms with Crippen LogP contribution in [-0.4, -0.2) is 17.0 Å². The Kier molecular flexibility index (Phi) is 5.39. The van der Waals surface area contributed by atoms with Crippen LogP contribution in [0.1, 0.15) is 30.0 Å². The van der Waals surface area contributed by atoms with Gasteiger partial charge in [-0.1, -0.05) is 54.1 Å². The first-order valence-electron chi connectivity index (χ1n) is 8.37. The maximum Gasteiger partial charge on any atom is 0.307 e. The molecule has 2 N–H and O–H groups in total. The third kappa shape index (κ3) is 4.20. The molecule has 3 rings (SSSR count). The van der Waals surface area contributed by atoms with E-state index in [1.807, 2.05) is 54.6 Å². The van der Waals surface area contributed by atoms with Crippen LogP contribution in [0.4, 0.5) is 0 Å². The van der Waals surface area contributed by atoms with Gasteiger partial charge in [-0.15, -0.1) is 0 Å². The maximum absolute atomic E-state index is 12.6. The lowest BCUT2D eigenvalue weighted by Crippen LogP contribution is -2.45. The Balaban J connectivity index is 1.76. The molecule has 25 heavy (non-hydrogen) atoms. The number of carboxylic acids is 1. The molecule has 0 spiro atoms. The van der Waals surface area contributed by atoms with Crippen LogP contribution in [0, 0.1) is 11.8 Å². The van der Waals surface area contributed by atoms with Crippen molar-refractivity contribution in [1.29, 1.82) is 0 Å². The molecule has 2 aromatic carbocycles. The highest BCUT2D eigenvalue weighted by Gasteiger charge is 2.41. The van der Waals surface area contributed by atoms with Crippen molar-refractivity contribution in [2.24, 2.45) is 11.8 Å². The van der Waals surface area contributed by atoms with Crippen molar-refractivity contribution in [3.05, 3.63) is 70.7 Å². The summed E-state index contributed by atoms with van der Waals surface area (Å²) in [5.74, 6) is -2.07. The smallest absolute Gasteiger partial charge is 0.307 e. The molecule has 2 aromatic rings. The van der Waals surface area contributed by atoms with Crippen molar-refractivity contribution in [3.63, 3.8) is 0 Å². The van der Waals surface area contributed by atoms with Gasteiger partial charge in [0.2, 0.25) is 5.91 Å². The normalized spacial score (nSPS) is 20.4. The summed E-state index contributed by atoms with van der Waals surface area (Å²) in [6.45, 7) is 0. The van der Waals surface area contributed by atoms with E-state index in [0.29, 0.717) is 24.3 Å². The number of carboxylic acid groups (broad SMARTS) is 1. The molecule has 0 aliphatic heterocycles. The Bertz CT molecular complexity index is 745. The molecule has 4 nitrogen and oxygen atoms in total. The highest BCUT2D eigenvalue weighted by atomic mass is 35.5. The molecule has 0 saturated heterocycles. The van der Waals surface area contributed by atoms with E-state index >= 15 is 0 Å². The van der Waals surface area contributed by atoms with Crippen LogP contribution < -0.4 is 5.32 Å². The van der Waals surface area contributed by atoms with Crippen molar-refractivity contribution in [2.45, 2.75) is 25.3 Å². The van der Waals surface area contributed by atoms with Gasteiger partial charge in [-0.05, 0) is 42.5 Å². The molecular formula is C20H20ClNO3. The molecule has 1 aliphatic rings. The fourth-order valence-corrected chi connectivity index (χ4v) is 3.31. The summed E-state index contributed by atoms with van der Waals surface area (Å²) < 4.78 is 0. The van der Waals surface area contributed by atoms with E-state index in [9.17, 15) is 14.7 Å². The summed E-state index contributed by atoms with van der Waals surface area (Å²) in [4.78, 5) is 23.8. The average molecular weight is 358 g/mol. The summed E-state index contributed by atoms with van der Waals surface area (Å²) in [6.07, 6.45) is 1.82. The van der Waals surface area contributed by atoms with Crippen molar-refractivity contribution >= 4 is 23.5 Å². The quantitative estimate of drug-likeness (QED) is 0.825. The molecule has 1 aliphatic carbocycles. The molecule has 1 amide bonds. The zero-order valence-corrected chi connectivity index (χ0v) is 14.4. The van der Waals surface area contributed by atoms with Gasteiger partial charge in [0.05, 0.1) is 17.9 Å². The number of benzene rings is 2. The second kappa shape index (κ2) is 7.70. The zero-order chi connectivity index (χ0) is 17.8. The summed E-state index contributed by atoms with van der Waals surface area (Å²) in [7, 11) is 0. The maximum atomic E-state index is 12.6. The molecule has 3 unspecified atom stereocenters. The minimum atomic E-state index is -0.889. The minimum absolute atomic E-state index is 0.179. The van der Waals surface area contributed by atoms with Crippen LogP contribution in [0.3, 0.4) is 0 Å². The van der Waals surface area contributed by atoms with Gasteiger partial charge in [-0.25, -0.2) is 0 Å². The van der Waals surface area contributed by atoms with E-state index in [-0.39, 0.29) is 11.9 Å². The second-order valence-electron chi connectivity index (χ2n) is 6.43. The number of amides is 1. The lowest BCUT2D eigenvalue weighted by Gasteiger charge is -2.33. The first-order chi connectivity index (χ1) is 12.0. The number of hydrogen-bond acceptors (Lipinski definition) is 2. The molecule has 0 aromatic heterocycles. The lowest BCUT2D eigenvalue weighted by molar-refractivity contribution is -0.153. The first-order valence-corrected chi connectivity index (χ1v) is 8.75. The fraction of sp³-hybridized carbons (Fsp3) is 0.300. The van der Waals surface area contributed by atoms with Gasteiger partial charge in [0.25, 0.3) is 0 Å². The number of rotatable bonds is 6. The molecule has 5 heteroatoms. The molecule has 130 valence electrons. The Morgan fingerprint density at radius 2 is 1.68 bits per heavy atom. The molecule has 1 saturated carbocycles. The fourth-order valence-electron chi connectivity index (χ4n) is 3.18. The topological polar surface area (TPSA) is 66.4 Å². The van der Waals surface area contributed by atoms with Gasteiger partial charge in [0.1, 0.15) is 0 Å². The van der Waals surface area contributed by atoms with E-state index in [4.69, 9.17) is 11.6 Å². The minimum Gasteiger partial charge on any atom is -0.481 e. The molecule has 0 radical (unpaired) electrons. The monoisotopic (exact) mass is 357 g/mol. The Labute approximate surface area is 151 Å². The van der Waals surface area contributed by atoms with Crippen molar-refractivity contribution in [3.8, 4) is 0 Å². The molecule has 0 heterocycles. The van der Waals surface area contributed by atoms with E-state index in [0.717, 1.165) is 11.1 Å². The lowest BCUT2D eigenvalue weighted by atomic mass is 9.73. The number of halogens is 1. The van der Waals surface area contributed by atoms with Gasteiger partial charge < -0.3 is 10.4 Å². The standard InChI is InChI=1S/C20H20ClNO3/c21-15-8-6-13(7-9-15)12-18(14-4-2-1-3-5-14)22-19(23)16-10-11-17(16)20(24)25/h1-9,16-18H,10-12H2,(H,22,23)(H,24,25). The highest BCUT2D eigenvalue weighted by Crippen LogP contribution is 2.35. The SMILES string of the molecule is O=C(O)C1CCC1C(=O)NC(Cc1ccc(Cl)cc1)c1ccccc1. The average Bonchev–Trinajstić information content (AvgIpc) is 2.55. The third-order valence-corrected chi connectivity index (χ3v) is 5.05. The van der Waals surface area contributed by atoms with Gasteiger partial charge in [0.15, 0.2) is 0 Å². The summed E-state index contributed by atoms with van der Waals surface area (Å²) in [6, 6.07) is 17.1. The summed E-state index contributed by atoms with van der Waals surface area (Å²) >= 11 is 5.94. The van der Waals surface area contributed by atoms with Crippen LogP contribution in [0.15, 0.2) is 54.6 Å². The van der Waals surface area contributed by atoms with Gasteiger partial charge in [-0.3, -0.25) is 9.59 Å². The molecule has 1 fully saturated rings. The number of carbonyl (C=O) groups is 2. The van der Waals surface area contributed by atoms with Crippen LogP contribution in [-0.2, 0) is 16.0 Å². The summed E-state index contributed by atoms with van der Waals surface area (Å²) in [5, 5.41) is 12.9. The highest BCUT2D eigenvalue weighted by molar-refractivity contribution is 6.30. The number of hydrogen-bond donors (Lipinski definition) is 2. The van der Waals surface area contributed by atoms with Crippen LogP contribution >= 0.6 is 11.6 Å². The Morgan fingerprint density at radius 1 is 1.04 bits per heavy atom. The largest absolute Gasteiger partial charge is 0.481 e.